The molecule has 0 aromatic rings. The third-order valence-corrected chi connectivity index (χ3v) is 2.63. The fourth-order valence-corrected chi connectivity index (χ4v) is 1.79. The van der Waals surface area contributed by atoms with Gasteiger partial charge in [-0.05, 0) is 0 Å². The molecule has 0 aromatic carbocycles. The van der Waals surface area contributed by atoms with E-state index in [0.717, 1.165) is 4.90 Å². The molecular formula is C10H15F2NO3. The van der Waals surface area contributed by atoms with Gasteiger partial charge >= 0.3 is 5.97 Å². The molecular weight excluding hydrogens is 220 g/mol. The van der Waals surface area contributed by atoms with E-state index < -0.39 is 29.8 Å². The lowest BCUT2D eigenvalue weighted by Crippen LogP contribution is -2.41. The van der Waals surface area contributed by atoms with Gasteiger partial charge in [-0.2, -0.15) is 0 Å². The van der Waals surface area contributed by atoms with E-state index in [-0.39, 0.29) is 19.4 Å². The number of halogens is 2. The zero-order valence-corrected chi connectivity index (χ0v) is 9.30. The Hall–Kier alpha value is -1.20. The molecule has 0 atom stereocenters. The molecule has 6 heteroatoms. The first-order valence-corrected chi connectivity index (χ1v) is 5.03. The summed E-state index contributed by atoms with van der Waals surface area (Å²) in [7, 11) is 0. The second kappa shape index (κ2) is 3.99. The van der Waals surface area contributed by atoms with Crippen LogP contribution >= 0.6 is 0 Å². The van der Waals surface area contributed by atoms with Crippen molar-refractivity contribution in [3.63, 3.8) is 0 Å². The number of carbonyl (C=O) groups is 2. The number of nitrogens with zero attached hydrogens (tertiary/aromatic N) is 1. The Labute approximate surface area is 92.2 Å². The first kappa shape index (κ1) is 12.9. The molecule has 0 bridgehead atoms. The summed E-state index contributed by atoms with van der Waals surface area (Å²) in [4.78, 5) is 23.4. The second-order valence-electron chi connectivity index (χ2n) is 4.79. The molecule has 1 rings (SSSR count). The van der Waals surface area contributed by atoms with Crippen LogP contribution in [0.4, 0.5) is 8.78 Å². The minimum atomic E-state index is -2.84. The number of aliphatic carboxylic acids is 1. The van der Waals surface area contributed by atoms with E-state index >= 15 is 0 Å². The van der Waals surface area contributed by atoms with E-state index in [9.17, 15) is 18.4 Å². The monoisotopic (exact) mass is 235 g/mol. The van der Waals surface area contributed by atoms with Crippen molar-refractivity contribution in [3.05, 3.63) is 0 Å². The molecule has 0 unspecified atom stereocenters. The van der Waals surface area contributed by atoms with Crippen LogP contribution in [-0.2, 0) is 9.59 Å². The number of likely N-dealkylation sites (tertiary alicyclic amines) is 1. The van der Waals surface area contributed by atoms with E-state index in [2.05, 4.69) is 0 Å². The lowest BCUT2D eigenvalue weighted by Gasteiger charge is -2.27. The summed E-state index contributed by atoms with van der Waals surface area (Å²) in [6.07, 6.45) is -0.699. The number of amides is 1. The third-order valence-electron chi connectivity index (χ3n) is 2.63. The quantitative estimate of drug-likeness (QED) is 0.803. The normalized spacial score (nSPS) is 19.9. The van der Waals surface area contributed by atoms with E-state index in [1.165, 1.54) is 13.8 Å². The average molecular weight is 235 g/mol. The summed E-state index contributed by atoms with van der Waals surface area (Å²) in [6, 6.07) is 0. The van der Waals surface area contributed by atoms with Crippen LogP contribution in [0.5, 0.6) is 0 Å². The highest BCUT2D eigenvalue weighted by molar-refractivity contribution is 5.86. The first-order valence-electron chi connectivity index (χ1n) is 5.03. The summed E-state index contributed by atoms with van der Waals surface area (Å²) in [5.41, 5.74) is -1.13. The fraction of sp³-hybridized carbons (Fsp3) is 0.800. The molecule has 1 saturated heterocycles. The first-order chi connectivity index (χ1) is 7.14. The molecule has 1 aliphatic heterocycles. The van der Waals surface area contributed by atoms with Crippen molar-refractivity contribution < 1.29 is 23.5 Å². The van der Waals surface area contributed by atoms with Gasteiger partial charge in [0, 0.05) is 13.0 Å². The molecule has 0 aromatic heterocycles. The number of carbonyl (C=O) groups excluding carboxylic acids is 1. The Morgan fingerprint density at radius 3 is 2.38 bits per heavy atom. The van der Waals surface area contributed by atoms with E-state index in [0.29, 0.717) is 0 Å². The Balaban J connectivity index is 2.68. The van der Waals surface area contributed by atoms with Crippen LogP contribution in [0, 0.1) is 5.41 Å². The molecule has 16 heavy (non-hydrogen) atoms. The van der Waals surface area contributed by atoms with Crippen molar-refractivity contribution >= 4 is 11.9 Å². The van der Waals surface area contributed by atoms with E-state index in [1.807, 2.05) is 0 Å². The van der Waals surface area contributed by atoms with Gasteiger partial charge in [-0.25, -0.2) is 8.78 Å². The summed E-state index contributed by atoms with van der Waals surface area (Å²) in [6.45, 7) is 2.31. The largest absolute Gasteiger partial charge is 0.481 e. The summed E-state index contributed by atoms with van der Waals surface area (Å²) in [5.74, 6) is -4.47. The summed E-state index contributed by atoms with van der Waals surface area (Å²) in [5, 5.41) is 8.62. The predicted molar refractivity (Wildman–Crippen MR) is 52.2 cm³/mol. The highest BCUT2D eigenvalue weighted by Crippen LogP contribution is 2.31. The van der Waals surface area contributed by atoms with E-state index in [1.54, 1.807) is 0 Å². The minimum absolute atomic E-state index is 0.00508. The molecule has 92 valence electrons. The lowest BCUT2D eigenvalue weighted by molar-refractivity contribution is -0.149. The molecule has 1 N–H and O–H groups in total. The van der Waals surface area contributed by atoms with Crippen LogP contribution in [0.2, 0.25) is 0 Å². The van der Waals surface area contributed by atoms with Crippen LogP contribution in [0.3, 0.4) is 0 Å². The number of alkyl halides is 2. The number of rotatable bonds is 3. The van der Waals surface area contributed by atoms with Crippen molar-refractivity contribution in [3.8, 4) is 0 Å². The van der Waals surface area contributed by atoms with Gasteiger partial charge in [0.2, 0.25) is 5.91 Å². The SMILES string of the molecule is CC(C)(CC(=O)O)C(=O)N1CCC(F)(F)C1. The maximum absolute atomic E-state index is 12.9. The highest BCUT2D eigenvalue weighted by Gasteiger charge is 2.44. The zero-order chi connectivity index (χ0) is 12.6. The van der Waals surface area contributed by atoms with E-state index in [4.69, 9.17) is 5.11 Å². The molecule has 1 fully saturated rings. The molecule has 4 nitrogen and oxygen atoms in total. The van der Waals surface area contributed by atoms with Crippen molar-refractivity contribution in [1.82, 2.24) is 4.90 Å². The standard InChI is InChI=1S/C10H15F2NO3/c1-9(2,5-7(14)15)8(16)13-4-3-10(11,12)6-13/h3-6H2,1-2H3,(H,14,15). The van der Waals surface area contributed by atoms with Crippen LogP contribution in [0.15, 0.2) is 0 Å². The number of hydrogen-bond acceptors (Lipinski definition) is 2. The van der Waals surface area contributed by atoms with Gasteiger partial charge in [-0.1, -0.05) is 13.8 Å². The van der Waals surface area contributed by atoms with Gasteiger partial charge in [0.25, 0.3) is 5.92 Å². The number of hydrogen-bond donors (Lipinski definition) is 1. The summed E-state index contributed by atoms with van der Waals surface area (Å²) < 4.78 is 25.8. The maximum Gasteiger partial charge on any atom is 0.304 e. The zero-order valence-electron chi connectivity index (χ0n) is 9.30. The average Bonchev–Trinajstić information content (AvgIpc) is 2.42. The summed E-state index contributed by atoms with van der Waals surface area (Å²) >= 11 is 0. The van der Waals surface area contributed by atoms with Gasteiger partial charge in [-0.15, -0.1) is 0 Å². The predicted octanol–water partition coefficient (Wildman–Crippen LogP) is 1.35. The topological polar surface area (TPSA) is 57.6 Å². The molecule has 1 aliphatic rings. The van der Waals surface area contributed by atoms with Gasteiger partial charge in [0.1, 0.15) is 0 Å². The molecule has 0 saturated carbocycles. The van der Waals surface area contributed by atoms with Crippen LogP contribution in [-0.4, -0.2) is 40.9 Å². The van der Waals surface area contributed by atoms with Gasteiger partial charge in [0.05, 0.1) is 18.4 Å². The Morgan fingerprint density at radius 2 is 2.00 bits per heavy atom. The van der Waals surface area contributed by atoms with Crippen LogP contribution in [0.25, 0.3) is 0 Å². The lowest BCUT2D eigenvalue weighted by atomic mass is 9.88. The van der Waals surface area contributed by atoms with Crippen LogP contribution < -0.4 is 0 Å². The second-order valence-corrected chi connectivity index (χ2v) is 4.79. The van der Waals surface area contributed by atoms with Crippen molar-refractivity contribution in [2.45, 2.75) is 32.6 Å². The van der Waals surface area contributed by atoms with Crippen molar-refractivity contribution in [2.75, 3.05) is 13.1 Å². The Bertz CT molecular complexity index is 315. The van der Waals surface area contributed by atoms with Crippen LogP contribution in [0.1, 0.15) is 26.7 Å². The van der Waals surface area contributed by atoms with Gasteiger partial charge in [-0.3, -0.25) is 9.59 Å². The molecule has 1 heterocycles. The van der Waals surface area contributed by atoms with Crippen molar-refractivity contribution in [2.24, 2.45) is 5.41 Å². The van der Waals surface area contributed by atoms with Crippen molar-refractivity contribution in [1.29, 1.82) is 0 Å². The number of carboxylic acid groups (broad SMARTS) is 1. The third kappa shape index (κ3) is 2.90. The van der Waals surface area contributed by atoms with Gasteiger partial charge in [0.15, 0.2) is 0 Å². The smallest absolute Gasteiger partial charge is 0.304 e. The molecule has 0 aliphatic carbocycles. The highest BCUT2D eigenvalue weighted by atomic mass is 19.3. The van der Waals surface area contributed by atoms with Gasteiger partial charge < -0.3 is 10.0 Å². The number of carboxylic acids is 1. The Kier molecular flexibility index (Phi) is 3.21. The molecule has 1 amide bonds. The molecule has 0 spiro atoms. The maximum atomic E-state index is 12.9. The minimum Gasteiger partial charge on any atom is -0.481 e. The fourth-order valence-electron chi connectivity index (χ4n) is 1.79. The Morgan fingerprint density at radius 1 is 1.44 bits per heavy atom. The molecule has 0 radical (unpaired) electrons.